The maximum Gasteiger partial charge on any atom is 0.307 e. The third-order valence-electron chi connectivity index (χ3n) is 4.95. The van der Waals surface area contributed by atoms with E-state index in [-0.39, 0.29) is 24.7 Å². The molecule has 0 saturated carbocycles. The van der Waals surface area contributed by atoms with Crippen LogP contribution in [0.3, 0.4) is 0 Å². The SMILES string of the molecule is CC(=O)N1CCN(C(=O)CCC(=O)O[C@@H](C)C(=O)Nc2cc(C)ccc2C)CC1. The summed E-state index contributed by atoms with van der Waals surface area (Å²) in [6.07, 6.45) is -1.03. The number of benzene rings is 1. The third kappa shape index (κ3) is 6.58. The van der Waals surface area contributed by atoms with Gasteiger partial charge in [0.25, 0.3) is 5.91 Å². The van der Waals surface area contributed by atoms with Crippen LogP contribution in [0.25, 0.3) is 0 Å². The number of rotatable bonds is 6. The molecule has 3 amide bonds. The molecule has 0 spiro atoms. The number of esters is 1. The van der Waals surface area contributed by atoms with Gasteiger partial charge in [-0.25, -0.2) is 0 Å². The number of anilines is 1. The number of aryl methyl sites for hydroxylation is 2. The highest BCUT2D eigenvalue weighted by molar-refractivity contribution is 5.96. The second-order valence-electron chi connectivity index (χ2n) is 7.33. The van der Waals surface area contributed by atoms with Gasteiger partial charge in [0.2, 0.25) is 11.8 Å². The van der Waals surface area contributed by atoms with E-state index in [0.717, 1.165) is 11.1 Å². The van der Waals surface area contributed by atoms with Crippen molar-refractivity contribution in [2.75, 3.05) is 31.5 Å². The van der Waals surface area contributed by atoms with Crippen molar-refractivity contribution in [3.05, 3.63) is 29.3 Å². The van der Waals surface area contributed by atoms with Gasteiger partial charge in [-0.15, -0.1) is 0 Å². The quantitative estimate of drug-likeness (QED) is 0.729. The van der Waals surface area contributed by atoms with Crippen LogP contribution < -0.4 is 5.32 Å². The molecule has 1 atom stereocenters. The van der Waals surface area contributed by atoms with E-state index >= 15 is 0 Å². The summed E-state index contributed by atoms with van der Waals surface area (Å²) in [5.74, 6) is -1.17. The molecule has 0 aromatic heterocycles. The van der Waals surface area contributed by atoms with Crippen LogP contribution in [0.15, 0.2) is 18.2 Å². The van der Waals surface area contributed by atoms with E-state index in [1.807, 2.05) is 32.0 Å². The van der Waals surface area contributed by atoms with Gasteiger partial charge in [0, 0.05) is 45.2 Å². The lowest BCUT2D eigenvalue weighted by Gasteiger charge is -2.34. The zero-order valence-corrected chi connectivity index (χ0v) is 17.5. The molecule has 1 aromatic carbocycles. The second kappa shape index (κ2) is 10.0. The van der Waals surface area contributed by atoms with Gasteiger partial charge >= 0.3 is 5.97 Å². The number of piperazine rings is 1. The van der Waals surface area contributed by atoms with Crippen LogP contribution in [-0.4, -0.2) is 65.8 Å². The summed E-state index contributed by atoms with van der Waals surface area (Å²) in [6.45, 7) is 8.74. The summed E-state index contributed by atoms with van der Waals surface area (Å²) in [5.41, 5.74) is 2.61. The molecule has 0 aliphatic carbocycles. The molecule has 158 valence electrons. The van der Waals surface area contributed by atoms with Crippen molar-refractivity contribution < 1.29 is 23.9 Å². The lowest BCUT2D eigenvalue weighted by Crippen LogP contribution is -2.50. The molecule has 1 heterocycles. The Morgan fingerprint density at radius 1 is 1.03 bits per heavy atom. The Bertz CT molecular complexity index is 785. The average Bonchev–Trinajstić information content (AvgIpc) is 2.68. The first-order valence-electron chi connectivity index (χ1n) is 9.78. The molecule has 0 unspecified atom stereocenters. The third-order valence-corrected chi connectivity index (χ3v) is 4.95. The zero-order chi connectivity index (χ0) is 21.6. The Morgan fingerprint density at radius 2 is 1.66 bits per heavy atom. The van der Waals surface area contributed by atoms with Crippen molar-refractivity contribution in [2.45, 2.75) is 46.6 Å². The fourth-order valence-corrected chi connectivity index (χ4v) is 3.05. The number of carbonyl (C=O) groups is 4. The average molecular weight is 403 g/mol. The number of nitrogens with one attached hydrogen (secondary N) is 1. The van der Waals surface area contributed by atoms with Gasteiger partial charge in [-0.2, -0.15) is 0 Å². The summed E-state index contributed by atoms with van der Waals surface area (Å²) in [4.78, 5) is 51.2. The molecule has 1 aliphatic rings. The lowest BCUT2D eigenvalue weighted by molar-refractivity contribution is -0.154. The highest BCUT2D eigenvalue weighted by atomic mass is 16.5. The Labute approximate surface area is 171 Å². The van der Waals surface area contributed by atoms with E-state index in [1.54, 1.807) is 9.80 Å². The monoisotopic (exact) mass is 403 g/mol. The van der Waals surface area contributed by atoms with E-state index in [1.165, 1.54) is 13.8 Å². The van der Waals surface area contributed by atoms with Crippen molar-refractivity contribution >= 4 is 29.4 Å². The minimum absolute atomic E-state index is 0.00574. The molecule has 0 radical (unpaired) electrons. The van der Waals surface area contributed by atoms with Gasteiger partial charge in [-0.1, -0.05) is 12.1 Å². The maximum atomic E-state index is 12.3. The van der Waals surface area contributed by atoms with Gasteiger partial charge in [0.05, 0.1) is 6.42 Å². The number of hydrogen-bond acceptors (Lipinski definition) is 5. The molecule has 8 heteroatoms. The van der Waals surface area contributed by atoms with Crippen LogP contribution in [0.2, 0.25) is 0 Å². The molecule has 1 aromatic rings. The largest absolute Gasteiger partial charge is 0.453 e. The molecule has 29 heavy (non-hydrogen) atoms. The predicted octanol–water partition coefficient (Wildman–Crippen LogP) is 1.64. The van der Waals surface area contributed by atoms with Crippen LogP contribution in [0.1, 0.15) is 37.8 Å². The Kier molecular flexibility index (Phi) is 7.75. The normalized spacial score (nSPS) is 14.9. The predicted molar refractivity (Wildman–Crippen MR) is 108 cm³/mol. The zero-order valence-electron chi connectivity index (χ0n) is 17.5. The first-order valence-corrected chi connectivity index (χ1v) is 9.78. The van der Waals surface area contributed by atoms with Crippen LogP contribution in [-0.2, 0) is 23.9 Å². The molecular weight excluding hydrogens is 374 g/mol. The topological polar surface area (TPSA) is 96.0 Å². The van der Waals surface area contributed by atoms with Crippen molar-refractivity contribution in [3.63, 3.8) is 0 Å². The molecule has 8 nitrogen and oxygen atoms in total. The minimum Gasteiger partial charge on any atom is -0.453 e. The molecule has 2 rings (SSSR count). The van der Waals surface area contributed by atoms with Gasteiger partial charge < -0.3 is 19.9 Å². The number of carbonyl (C=O) groups excluding carboxylic acids is 4. The van der Waals surface area contributed by atoms with E-state index < -0.39 is 18.0 Å². The van der Waals surface area contributed by atoms with E-state index in [4.69, 9.17) is 4.74 Å². The van der Waals surface area contributed by atoms with Gasteiger partial charge in [0.15, 0.2) is 6.10 Å². The first-order chi connectivity index (χ1) is 13.7. The van der Waals surface area contributed by atoms with E-state index in [9.17, 15) is 19.2 Å². The van der Waals surface area contributed by atoms with Gasteiger partial charge in [-0.05, 0) is 38.0 Å². The number of amides is 3. The molecule has 1 aliphatic heterocycles. The lowest BCUT2D eigenvalue weighted by atomic mass is 10.1. The fourth-order valence-electron chi connectivity index (χ4n) is 3.05. The molecule has 1 fully saturated rings. The summed E-state index contributed by atoms with van der Waals surface area (Å²) in [6, 6.07) is 5.71. The van der Waals surface area contributed by atoms with E-state index in [2.05, 4.69) is 5.32 Å². The van der Waals surface area contributed by atoms with Crippen LogP contribution in [0.4, 0.5) is 5.69 Å². The second-order valence-corrected chi connectivity index (χ2v) is 7.33. The first kappa shape index (κ1) is 22.4. The molecule has 1 saturated heterocycles. The number of nitrogens with zero attached hydrogens (tertiary/aromatic N) is 2. The van der Waals surface area contributed by atoms with E-state index in [0.29, 0.717) is 31.9 Å². The van der Waals surface area contributed by atoms with Gasteiger partial charge in [0.1, 0.15) is 0 Å². The molecule has 0 bridgehead atoms. The van der Waals surface area contributed by atoms with Crippen molar-refractivity contribution in [2.24, 2.45) is 0 Å². The highest BCUT2D eigenvalue weighted by Crippen LogP contribution is 2.17. The van der Waals surface area contributed by atoms with Gasteiger partial charge in [-0.3, -0.25) is 19.2 Å². The summed E-state index contributed by atoms with van der Waals surface area (Å²) < 4.78 is 5.17. The molecular formula is C21H29N3O5. The van der Waals surface area contributed by atoms with Crippen molar-refractivity contribution in [1.29, 1.82) is 0 Å². The Morgan fingerprint density at radius 3 is 2.28 bits per heavy atom. The van der Waals surface area contributed by atoms with Crippen molar-refractivity contribution in [1.82, 2.24) is 9.80 Å². The fraction of sp³-hybridized carbons (Fsp3) is 0.524. The Hall–Kier alpha value is -2.90. The smallest absolute Gasteiger partial charge is 0.307 e. The van der Waals surface area contributed by atoms with Crippen molar-refractivity contribution in [3.8, 4) is 0 Å². The minimum atomic E-state index is -0.961. The summed E-state index contributed by atoms with van der Waals surface area (Å²) in [7, 11) is 0. The van der Waals surface area contributed by atoms with Crippen LogP contribution >= 0.6 is 0 Å². The van der Waals surface area contributed by atoms with Crippen LogP contribution in [0, 0.1) is 13.8 Å². The van der Waals surface area contributed by atoms with Crippen LogP contribution in [0.5, 0.6) is 0 Å². The standard InChI is InChI=1S/C21H29N3O5/c1-14-5-6-15(2)18(13-14)22-21(28)16(3)29-20(27)8-7-19(26)24-11-9-23(10-12-24)17(4)25/h5-6,13,16H,7-12H2,1-4H3,(H,22,28)/t16-/m0/s1. The molecule has 1 N–H and O–H groups in total. The highest BCUT2D eigenvalue weighted by Gasteiger charge is 2.24. The Balaban J connectivity index is 1.75. The number of ether oxygens (including phenoxy) is 1. The maximum absolute atomic E-state index is 12.3. The summed E-state index contributed by atoms with van der Waals surface area (Å²) in [5, 5.41) is 2.76. The summed E-state index contributed by atoms with van der Waals surface area (Å²) >= 11 is 0. The number of hydrogen-bond donors (Lipinski definition) is 1.